The first kappa shape index (κ1) is 17.0. The summed E-state index contributed by atoms with van der Waals surface area (Å²) in [5.74, 6) is 0. The maximum absolute atomic E-state index is 12.4. The van der Waals surface area contributed by atoms with E-state index in [1.54, 1.807) is 29.3 Å². The highest BCUT2D eigenvalue weighted by molar-refractivity contribution is 6.43. The van der Waals surface area contributed by atoms with Crippen molar-refractivity contribution in [3.8, 4) is 0 Å². The van der Waals surface area contributed by atoms with Gasteiger partial charge in [-0.15, -0.1) is 0 Å². The second-order valence-electron chi connectivity index (χ2n) is 5.66. The molecule has 0 bridgehead atoms. The van der Waals surface area contributed by atoms with E-state index in [1.807, 2.05) is 12.3 Å². The minimum absolute atomic E-state index is 0.153. The van der Waals surface area contributed by atoms with Gasteiger partial charge in [0.1, 0.15) is 0 Å². The lowest BCUT2D eigenvalue weighted by Crippen LogP contribution is -2.49. The number of halogens is 2. The zero-order valence-corrected chi connectivity index (χ0v) is 14.6. The standard InChI is InChI=1S/C17H18Cl2N4O/c18-14-4-1-5-15(16(14)19)21-17(24)23-9-7-22(8-10-23)12-13-3-2-6-20-11-13/h1-6,11H,7-10,12H2,(H,21,24). The summed E-state index contributed by atoms with van der Waals surface area (Å²) in [5.41, 5.74) is 1.72. The predicted molar refractivity (Wildman–Crippen MR) is 96.6 cm³/mol. The second kappa shape index (κ2) is 7.83. The van der Waals surface area contributed by atoms with Crippen molar-refractivity contribution in [2.75, 3.05) is 31.5 Å². The van der Waals surface area contributed by atoms with Crippen LogP contribution in [-0.4, -0.2) is 47.0 Å². The van der Waals surface area contributed by atoms with Crippen molar-refractivity contribution < 1.29 is 4.79 Å². The van der Waals surface area contributed by atoms with Gasteiger partial charge in [0.05, 0.1) is 15.7 Å². The molecule has 7 heteroatoms. The summed E-state index contributed by atoms with van der Waals surface area (Å²) >= 11 is 12.1. The number of amides is 2. The van der Waals surface area contributed by atoms with Gasteiger partial charge in [0.15, 0.2) is 0 Å². The van der Waals surface area contributed by atoms with Gasteiger partial charge < -0.3 is 10.2 Å². The maximum atomic E-state index is 12.4. The smallest absolute Gasteiger partial charge is 0.321 e. The van der Waals surface area contributed by atoms with E-state index < -0.39 is 0 Å². The number of pyridine rings is 1. The molecule has 1 saturated heterocycles. The zero-order chi connectivity index (χ0) is 16.9. The molecule has 0 spiro atoms. The summed E-state index contributed by atoms with van der Waals surface area (Å²) in [6.07, 6.45) is 3.65. The van der Waals surface area contributed by atoms with E-state index in [0.29, 0.717) is 28.8 Å². The Morgan fingerprint density at radius 3 is 2.62 bits per heavy atom. The van der Waals surface area contributed by atoms with Gasteiger partial charge in [-0.05, 0) is 23.8 Å². The van der Waals surface area contributed by atoms with Gasteiger partial charge in [0.25, 0.3) is 0 Å². The van der Waals surface area contributed by atoms with Gasteiger partial charge >= 0.3 is 6.03 Å². The van der Waals surface area contributed by atoms with Crippen molar-refractivity contribution in [2.24, 2.45) is 0 Å². The molecule has 0 atom stereocenters. The first-order valence-corrected chi connectivity index (χ1v) is 8.50. The molecule has 2 heterocycles. The Balaban J connectivity index is 1.52. The Morgan fingerprint density at radius 2 is 1.92 bits per heavy atom. The van der Waals surface area contributed by atoms with Crippen LogP contribution < -0.4 is 5.32 Å². The number of aromatic nitrogens is 1. The third-order valence-corrected chi connectivity index (χ3v) is 4.80. The molecular weight excluding hydrogens is 347 g/mol. The number of benzene rings is 1. The van der Waals surface area contributed by atoms with Crippen molar-refractivity contribution in [1.82, 2.24) is 14.8 Å². The Kier molecular flexibility index (Phi) is 5.56. The van der Waals surface area contributed by atoms with E-state index in [4.69, 9.17) is 23.2 Å². The van der Waals surface area contributed by atoms with E-state index in [-0.39, 0.29) is 6.03 Å². The van der Waals surface area contributed by atoms with Crippen LogP contribution in [-0.2, 0) is 6.54 Å². The minimum Gasteiger partial charge on any atom is -0.322 e. The van der Waals surface area contributed by atoms with Crippen molar-refractivity contribution in [3.05, 3.63) is 58.3 Å². The number of urea groups is 1. The van der Waals surface area contributed by atoms with E-state index >= 15 is 0 Å². The Hall–Kier alpha value is -1.82. The fraction of sp³-hybridized carbons (Fsp3) is 0.294. The third-order valence-electron chi connectivity index (χ3n) is 3.98. The number of anilines is 1. The van der Waals surface area contributed by atoms with E-state index in [0.717, 1.165) is 19.6 Å². The quantitative estimate of drug-likeness (QED) is 0.902. The zero-order valence-electron chi connectivity index (χ0n) is 13.1. The highest BCUT2D eigenvalue weighted by Gasteiger charge is 2.21. The van der Waals surface area contributed by atoms with Crippen molar-refractivity contribution >= 4 is 34.9 Å². The lowest BCUT2D eigenvalue weighted by molar-refractivity contribution is 0.143. The Bertz CT molecular complexity index is 703. The average molecular weight is 365 g/mol. The molecule has 126 valence electrons. The van der Waals surface area contributed by atoms with Crippen LogP contribution in [0.15, 0.2) is 42.7 Å². The molecule has 24 heavy (non-hydrogen) atoms. The van der Waals surface area contributed by atoms with Crippen LogP contribution in [0, 0.1) is 0 Å². The van der Waals surface area contributed by atoms with E-state index in [1.165, 1.54) is 5.56 Å². The Morgan fingerprint density at radius 1 is 1.12 bits per heavy atom. The van der Waals surface area contributed by atoms with Crippen molar-refractivity contribution in [3.63, 3.8) is 0 Å². The predicted octanol–water partition coefficient (Wildman–Crippen LogP) is 3.74. The molecule has 0 saturated carbocycles. The fourth-order valence-electron chi connectivity index (χ4n) is 2.65. The van der Waals surface area contributed by atoms with E-state index in [9.17, 15) is 4.79 Å². The van der Waals surface area contributed by atoms with Crippen LogP contribution in [0.5, 0.6) is 0 Å². The average Bonchev–Trinajstić information content (AvgIpc) is 2.60. The van der Waals surface area contributed by atoms with Gasteiger partial charge in [0.2, 0.25) is 0 Å². The van der Waals surface area contributed by atoms with Gasteiger partial charge in [-0.25, -0.2) is 4.79 Å². The van der Waals surface area contributed by atoms with Crippen LogP contribution in [0.2, 0.25) is 10.0 Å². The SMILES string of the molecule is O=C(Nc1cccc(Cl)c1Cl)N1CCN(Cc2cccnc2)CC1. The second-order valence-corrected chi connectivity index (χ2v) is 6.44. The molecular formula is C17H18Cl2N4O. The van der Waals surface area contributed by atoms with Crippen LogP contribution in [0.1, 0.15) is 5.56 Å². The first-order chi connectivity index (χ1) is 11.6. The molecule has 5 nitrogen and oxygen atoms in total. The number of nitrogens with one attached hydrogen (secondary N) is 1. The van der Waals surface area contributed by atoms with Gasteiger partial charge in [-0.1, -0.05) is 35.3 Å². The lowest BCUT2D eigenvalue weighted by atomic mass is 10.2. The summed E-state index contributed by atoms with van der Waals surface area (Å²) in [6, 6.07) is 9.04. The third kappa shape index (κ3) is 4.17. The summed E-state index contributed by atoms with van der Waals surface area (Å²) in [4.78, 5) is 20.6. The number of piperazine rings is 1. The Labute approximate surface area is 151 Å². The first-order valence-electron chi connectivity index (χ1n) is 7.74. The largest absolute Gasteiger partial charge is 0.322 e. The number of carbonyl (C=O) groups excluding carboxylic acids is 1. The number of carbonyl (C=O) groups is 1. The highest BCUT2D eigenvalue weighted by atomic mass is 35.5. The van der Waals surface area contributed by atoms with Gasteiger partial charge in [0, 0.05) is 45.1 Å². The van der Waals surface area contributed by atoms with Crippen LogP contribution in [0.4, 0.5) is 10.5 Å². The van der Waals surface area contributed by atoms with Gasteiger partial charge in [-0.2, -0.15) is 0 Å². The maximum Gasteiger partial charge on any atom is 0.321 e. The monoisotopic (exact) mass is 364 g/mol. The fourth-order valence-corrected chi connectivity index (χ4v) is 3.00. The molecule has 0 radical (unpaired) electrons. The number of rotatable bonds is 3. The van der Waals surface area contributed by atoms with Crippen molar-refractivity contribution in [2.45, 2.75) is 6.54 Å². The lowest BCUT2D eigenvalue weighted by Gasteiger charge is -2.34. The summed E-state index contributed by atoms with van der Waals surface area (Å²) in [7, 11) is 0. The molecule has 1 fully saturated rings. The number of hydrogen-bond acceptors (Lipinski definition) is 3. The van der Waals surface area contributed by atoms with Crippen LogP contribution in [0.3, 0.4) is 0 Å². The van der Waals surface area contributed by atoms with Crippen molar-refractivity contribution in [1.29, 1.82) is 0 Å². The molecule has 1 N–H and O–H groups in total. The molecule has 1 aromatic carbocycles. The van der Waals surface area contributed by atoms with Gasteiger partial charge in [-0.3, -0.25) is 9.88 Å². The highest BCUT2D eigenvalue weighted by Crippen LogP contribution is 2.29. The number of hydrogen-bond donors (Lipinski definition) is 1. The molecule has 2 amide bonds. The molecule has 1 aliphatic rings. The van der Waals surface area contributed by atoms with Crippen LogP contribution >= 0.6 is 23.2 Å². The summed E-state index contributed by atoms with van der Waals surface area (Å²) in [5, 5.41) is 3.62. The molecule has 2 aromatic rings. The molecule has 0 aliphatic carbocycles. The topological polar surface area (TPSA) is 48.5 Å². The molecule has 1 aliphatic heterocycles. The summed E-state index contributed by atoms with van der Waals surface area (Å²) < 4.78 is 0. The molecule has 1 aromatic heterocycles. The molecule has 3 rings (SSSR count). The van der Waals surface area contributed by atoms with E-state index in [2.05, 4.69) is 21.3 Å². The van der Waals surface area contributed by atoms with Crippen LogP contribution in [0.25, 0.3) is 0 Å². The minimum atomic E-state index is -0.153. The molecule has 0 unspecified atom stereocenters. The number of nitrogens with zero attached hydrogens (tertiary/aromatic N) is 3. The summed E-state index contributed by atoms with van der Waals surface area (Å²) in [6.45, 7) is 3.84. The normalized spacial score (nSPS) is 15.3.